The third-order valence-corrected chi connectivity index (χ3v) is 4.43. The quantitative estimate of drug-likeness (QED) is 0.915. The number of carbonyl (C=O) groups excluding carboxylic acids is 1. The van der Waals surface area contributed by atoms with Gasteiger partial charge < -0.3 is 10.2 Å². The molecular weight excluding hydrogens is 288 g/mol. The highest BCUT2D eigenvalue weighted by atomic mass is 32.1. The minimum atomic E-state index is -0.0965. The summed E-state index contributed by atoms with van der Waals surface area (Å²) >= 11 is 1.44. The molecule has 21 heavy (non-hydrogen) atoms. The fourth-order valence-electron chi connectivity index (χ4n) is 2.43. The Bertz CT molecular complexity index is 628. The number of hydrogen-bond donors (Lipinski definition) is 1. The van der Waals surface area contributed by atoms with E-state index < -0.39 is 0 Å². The van der Waals surface area contributed by atoms with Crippen LogP contribution in [0.15, 0.2) is 12.3 Å². The van der Waals surface area contributed by atoms with Crippen molar-refractivity contribution in [3.63, 3.8) is 0 Å². The maximum absolute atomic E-state index is 12.1. The summed E-state index contributed by atoms with van der Waals surface area (Å²) in [6.07, 6.45) is 3.60. The average molecular weight is 306 g/mol. The molecule has 1 aliphatic heterocycles. The number of aryl methyl sites for hydroxylation is 2. The van der Waals surface area contributed by atoms with Gasteiger partial charge >= 0.3 is 0 Å². The van der Waals surface area contributed by atoms with Crippen LogP contribution in [-0.4, -0.2) is 44.2 Å². The Morgan fingerprint density at radius 3 is 2.76 bits per heavy atom. The number of nitrogens with zero attached hydrogens (tertiary/aromatic N) is 5. The van der Waals surface area contributed by atoms with Crippen LogP contribution in [-0.2, 0) is 7.05 Å². The third kappa shape index (κ3) is 3.21. The topological polar surface area (TPSA) is 75.9 Å². The van der Waals surface area contributed by atoms with Gasteiger partial charge in [-0.15, -0.1) is 0 Å². The van der Waals surface area contributed by atoms with E-state index in [0.717, 1.165) is 36.9 Å². The fraction of sp³-hybridized carbons (Fsp3) is 0.538. The SMILES string of the molecule is Cc1nsc(N2CCC(NC(=O)c3ccn(C)n3)CC2)n1. The van der Waals surface area contributed by atoms with Crippen molar-refractivity contribution in [3.05, 3.63) is 23.8 Å². The predicted octanol–water partition coefficient (Wildman–Crippen LogP) is 0.979. The molecule has 0 aromatic carbocycles. The Hall–Kier alpha value is -1.96. The van der Waals surface area contributed by atoms with Crippen LogP contribution in [0.4, 0.5) is 5.13 Å². The van der Waals surface area contributed by atoms with Crippen LogP contribution in [0.3, 0.4) is 0 Å². The lowest BCUT2D eigenvalue weighted by atomic mass is 10.1. The summed E-state index contributed by atoms with van der Waals surface area (Å²) < 4.78 is 5.84. The van der Waals surface area contributed by atoms with E-state index in [0.29, 0.717) is 5.69 Å². The molecule has 8 heteroatoms. The number of carbonyl (C=O) groups is 1. The number of amides is 1. The first-order valence-corrected chi connectivity index (χ1v) is 7.75. The molecule has 1 N–H and O–H groups in total. The van der Waals surface area contributed by atoms with Crippen molar-refractivity contribution in [1.82, 2.24) is 24.5 Å². The lowest BCUT2D eigenvalue weighted by molar-refractivity contribution is 0.0925. The van der Waals surface area contributed by atoms with Gasteiger partial charge in [0.05, 0.1) is 0 Å². The molecule has 0 radical (unpaired) electrons. The van der Waals surface area contributed by atoms with Crippen LogP contribution in [0.25, 0.3) is 0 Å². The molecule has 0 bridgehead atoms. The molecule has 7 nitrogen and oxygen atoms in total. The minimum absolute atomic E-state index is 0.0965. The molecule has 3 rings (SSSR count). The van der Waals surface area contributed by atoms with Crippen LogP contribution in [0.2, 0.25) is 0 Å². The fourth-order valence-corrected chi connectivity index (χ4v) is 3.15. The first kappa shape index (κ1) is 14.0. The molecule has 0 aliphatic carbocycles. The van der Waals surface area contributed by atoms with Crippen LogP contribution >= 0.6 is 11.5 Å². The highest BCUT2D eigenvalue weighted by Crippen LogP contribution is 2.21. The maximum atomic E-state index is 12.1. The highest BCUT2D eigenvalue weighted by molar-refractivity contribution is 7.09. The minimum Gasteiger partial charge on any atom is -0.348 e. The Labute approximate surface area is 127 Å². The van der Waals surface area contributed by atoms with Gasteiger partial charge in [0.2, 0.25) is 5.13 Å². The number of rotatable bonds is 3. The highest BCUT2D eigenvalue weighted by Gasteiger charge is 2.23. The van der Waals surface area contributed by atoms with Gasteiger partial charge in [0, 0.05) is 43.9 Å². The monoisotopic (exact) mass is 306 g/mol. The van der Waals surface area contributed by atoms with Gasteiger partial charge in [-0.3, -0.25) is 9.48 Å². The van der Waals surface area contributed by atoms with Crippen LogP contribution in [0, 0.1) is 6.92 Å². The Balaban J connectivity index is 1.53. The summed E-state index contributed by atoms with van der Waals surface area (Å²) in [5.41, 5.74) is 0.472. The van der Waals surface area contributed by atoms with Crippen molar-refractivity contribution < 1.29 is 4.79 Å². The summed E-state index contributed by atoms with van der Waals surface area (Å²) in [5, 5.41) is 8.14. The summed E-state index contributed by atoms with van der Waals surface area (Å²) in [4.78, 5) is 18.7. The summed E-state index contributed by atoms with van der Waals surface area (Å²) in [6, 6.07) is 1.93. The van der Waals surface area contributed by atoms with E-state index in [2.05, 4.69) is 24.7 Å². The standard InChI is InChI=1S/C13H18N6OS/c1-9-14-13(21-17-9)19-7-3-10(4-8-19)15-12(20)11-5-6-18(2)16-11/h5-6,10H,3-4,7-8H2,1-2H3,(H,15,20). The van der Waals surface area contributed by atoms with Crippen molar-refractivity contribution in [2.24, 2.45) is 7.05 Å². The van der Waals surface area contributed by atoms with E-state index in [4.69, 9.17) is 0 Å². The van der Waals surface area contributed by atoms with Crippen molar-refractivity contribution in [2.75, 3.05) is 18.0 Å². The first-order chi connectivity index (χ1) is 10.1. The number of aromatic nitrogens is 4. The molecule has 2 aromatic heterocycles. The van der Waals surface area contributed by atoms with Gasteiger partial charge in [0.15, 0.2) is 0 Å². The van der Waals surface area contributed by atoms with E-state index in [9.17, 15) is 4.79 Å². The number of hydrogen-bond acceptors (Lipinski definition) is 6. The Morgan fingerprint density at radius 2 is 2.19 bits per heavy atom. The molecule has 1 amide bonds. The zero-order valence-corrected chi connectivity index (χ0v) is 12.9. The van der Waals surface area contributed by atoms with Gasteiger partial charge in [-0.2, -0.15) is 9.47 Å². The summed E-state index contributed by atoms with van der Waals surface area (Å²) in [6.45, 7) is 3.68. The lowest BCUT2D eigenvalue weighted by Crippen LogP contribution is -2.44. The van der Waals surface area contributed by atoms with Gasteiger partial charge in [0.25, 0.3) is 5.91 Å². The lowest BCUT2D eigenvalue weighted by Gasteiger charge is -2.31. The third-order valence-electron chi connectivity index (χ3n) is 3.56. The van der Waals surface area contributed by atoms with Crippen LogP contribution in [0.1, 0.15) is 29.2 Å². The molecule has 112 valence electrons. The van der Waals surface area contributed by atoms with Crippen molar-refractivity contribution in [2.45, 2.75) is 25.8 Å². The maximum Gasteiger partial charge on any atom is 0.271 e. The first-order valence-electron chi connectivity index (χ1n) is 6.97. The summed E-state index contributed by atoms with van der Waals surface area (Å²) in [5.74, 6) is 0.724. The van der Waals surface area contributed by atoms with Crippen molar-refractivity contribution in [1.29, 1.82) is 0 Å². The molecule has 1 saturated heterocycles. The van der Waals surface area contributed by atoms with E-state index in [1.165, 1.54) is 11.5 Å². The largest absolute Gasteiger partial charge is 0.348 e. The molecule has 0 spiro atoms. The van der Waals surface area contributed by atoms with Crippen LogP contribution < -0.4 is 10.2 Å². The van der Waals surface area contributed by atoms with Crippen molar-refractivity contribution >= 4 is 22.6 Å². The molecular formula is C13H18N6OS. The van der Waals surface area contributed by atoms with Crippen LogP contribution in [0.5, 0.6) is 0 Å². The zero-order chi connectivity index (χ0) is 14.8. The van der Waals surface area contributed by atoms with Gasteiger partial charge in [-0.05, 0) is 25.8 Å². The van der Waals surface area contributed by atoms with Gasteiger partial charge in [0.1, 0.15) is 11.5 Å². The second-order valence-corrected chi connectivity index (χ2v) is 5.96. The second-order valence-electron chi connectivity index (χ2n) is 5.23. The van der Waals surface area contributed by atoms with E-state index in [1.54, 1.807) is 24.0 Å². The molecule has 1 fully saturated rings. The molecule has 0 saturated carbocycles. The predicted molar refractivity (Wildman–Crippen MR) is 80.6 cm³/mol. The van der Waals surface area contributed by atoms with Crippen molar-refractivity contribution in [3.8, 4) is 0 Å². The Morgan fingerprint density at radius 1 is 1.43 bits per heavy atom. The van der Waals surface area contributed by atoms with Gasteiger partial charge in [-0.25, -0.2) is 4.98 Å². The normalized spacial score (nSPS) is 16.2. The van der Waals surface area contributed by atoms with E-state index >= 15 is 0 Å². The molecule has 3 heterocycles. The number of nitrogens with one attached hydrogen (secondary N) is 1. The Kier molecular flexibility index (Phi) is 3.87. The average Bonchev–Trinajstić information content (AvgIpc) is 3.08. The number of anilines is 1. The van der Waals surface area contributed by atoms with E-state index in [1.807, 2.05) is 6.92 Å². The molecule has 2 aromatic rings. The van der Waals surface area contributed by atoms with Gasteiger partial charge in [-0.1, -0.05) is 0 Å². The number of piperidine rings is 1. The second kappa shape index (κ2) is 5.80. The summed E-state index contributed by atoms with van der Waals surface area (Å²) in [7, 11) is 1.80. The zero-order valence-electron chi connectivity index (χ0n) is 12.1. The molecule has 0 unspecified atom stereocenters. The molecule has 1 aliphatic rings. The molecule has 0 atom stereocenters. The smallest absolute Gasteiger partial charge is 0.271 e. The van der Waals surface area contributed by atoms with E-state index in [-0.39, 0.29) is 11.9 Å².